The average Bonchev–Trinajstić information content (AvgIpc) is 2.34. The van der Waals surface area contributed by atoms with Gasteiger partial charge in [-0.25, -0.2) is 4.39 Å². The first-order valence-electron chi connectivity index (χ1n) is 6.53. The van der Waals surface area contributed by atoms with Crippen LogP contribution >= 0.6 is 15.9 Å². The number of hydrogen-bond donors (Lipinski definition) is 0. The van der Waals surface area contributed by atoms with Gasteiger partial charge < -0.3 is 4.74 Å². The van der Waals surface area contributed by atoms with Gasteiger partial charge in [0, 0.05) is 4.47 Å². The molecule has 0 atom stereocenters. The molecule has 0 saturated heterocycles. The minimum Gasteiger partial charge on any atom is -0.489 e. The van der Waals surface area contributed by atoms with Gasteiger partial charge in [-0.2, -0.15) is 0 Å². The number of ether oxygens (including phenoxy) is 1. The second kappa shape index (κ2) is 5.96. The highest BCUT2D eigenvalue weighted by Gasteiger charge is 2.18. The summed E-state index contributed by atoms with van der Waals surface area (Å²) in [7, 11) is 0. The summed E-state index contributed by atoms with van der Waals surface area (Å²) in [5.74, 6) is 0.586. The molecule has 0 saturated carbocycles. The zero-order valence-electron chi connectivity index (χ0n) is 11.9. The fourth-order valence-corrected chi connectivity index (χ4v) is 2.58. The molecule has 2 rings (SSSR count). The van der Waals surface area contributed by atoms with Gasteiger partial charge in [-0.1, -0.05) is 54.9 Å². The van der Waals surface area contributed by atoms with Crippen molar-refractivity contribution in [3.63, 3.8) is 0 Å². The van der Waals surface area contributed by atoms with Crippen molar-refractivity contribution in [1.29, 1.82) is 0 Å². The second-order valence-electron chi connectivity index (χ2n) is 5.81. The Morgan fingerprint density at radius 3 is 2.45 bits per heavy atom. The Labute approximate surface area is 127 Å². The number of hydrogen-bond acceptors (Lipinski definition) is 1. The van der Waals surface area contributed by atoms with Crippen LogP contribution in [0.1, 0.15) is 31.9 Å². The average molecular weight is 337 g/mol. The van der Waals surface area contributed by atoms with E-state index in [-0.39, 0.29) is 11.2 Å². The Bertz CT molecular complexity index is 582. The Kier molecular flexibility index (Phi) is 4.48. The molecular formula is C17H18BrFO. The van der Waals surface area contributed by atoms with Gasteiger partial charge in [-0.15, -0.1) is 0 Å². The Hall–Kier alpha value is -1.35. The monoisotopic (exact) mass is 336 g/mol. The number of rotatable bonds is 3. The van der Waals surface area contributed by atoms with Gasteiger partial charge in [0.25, 0.3) is 0 Å². The third-order valence-corrected chi connectivity index (χ3v) is 3.47. The highest BCUT2D eigenvalue weighted by molar-refractivity contribution is 9.10. The Balaban J connectivity index is 2.19. The van der Waals surface area contributed by atoms with Crippen LogP contribution in [0.4, 0.5) is 4.39 Å². The number of halogens is 2. The van der Waals surface area contributed by atoms with Gasteiger partial charge in [-0.05, 0) is 40.8 Å². The maximum atomic E-state index is 13.3. The van der Waals surface area contributed by atoms with Crippen LogP contribution in [0.5, 0.6) is 5.75 Å². The molecule has 1 nitrogen and oxygen atoms in total. The molecule has 2 aromatic rings. The van der Waals surface area contributed by atoms with Crippen LogP contribution < -0.4 is 4.74 Å². The molecule has 0 radical (unpaired) electrons. The molecule has 0 aliphatic heterocycles. The summed E-state index contributed by atoms with van der Waals surface area (Å²) in [6.45, 7) is 6.79. The van der Waals surface area contributed by atoms with E-state index in [0.29, 0.717) is 6.61 Å². The van der Waals surface area contributed by atoms with Gasteiger partial charge in [-0.3, -0.25) is 0 Å². The lowest BCUT2D eigenvalue weighted by molar-refractivity contribution is 0.297. The van der Waals surface area contributed by atoms with E-state index >= 15 is 0 Å². The molecule has 0 fully saturated rings. The minimum atomic E-state index is -0.262. The summed E-state index contributed by atoms with van der Waals surface area (Å²) in [5, 5.41) is 0. The highest BCUT2D eigenvalue weighted by Crippen LogP contribution is 2.31. The smallest absolute Gasteiger partial charge is 0.124 e. The first kappa shape index (κ1) is 15.0. The maximum absolute atomic E-state index is 13.3. The topological polar surface area (TPSA) is 9.23 Å². The normalized spacial score (nSPS) is 11.4. The Morgan fingerprint density at radius 2 is 1.80 bits per heavy atom. The second-order valence-corrected chi connectivity index (χ2v) is 6.73. The van der Waals surface area contributed by atoms with Gasteiger partial charge >= 0.3 is 0 Å². The predicted octanol–water partition coefficient (Wildman–Crippen LogP) is 5.46. The summed E-state index contributed by atoms with van der Waals surface area (Å²) in [6, 6.07) is 12.8. The van der Waals surface area contributed by atoms with Crippen LogP contribution in [0.2, 0.25) is 0 Å². The van der Waals surface area contributed by atoms with E-state index in [0.717, 1.165) is 21.3 Å². The molecular weight excluding hydrogens is 319 g/mol. The van der Waals surface area contributed by atoms with E-state index in [1.807, 2.05) is 24.3 Å². The van der Waals surface area contributed by atoms with Crippen LogP contribution in [0.15, 0.2) is 46.9 Å². The molecule has 0 N–H and O–H groups in total. The van der Waals surface area contributed by atoms with Crippen molar-refractivity contribution in [2.75, 3.05) is 0 Å². The van der Waals surface area contributed by atoms with Crippen molar-refractivity contribution in [3.05, 3.63) is 63.9 Å². The largest absolute Gasteiger partial charge is 0.489 e. The van der Waals surface area contributed by atoms with Gasteiger partial charge in [0.1, 0.15) is 18.2 Å². The molecule has 0 aromatic heterocycles. The third kappa shape index (κ3) is 3.83. The molecule has 0 amide bonds. The predicted molar refractivity (Wildman–Crippen MR) is 83.6 cm³/mol. The summed E-state index contributed by atoms with van der Waals surface area (Å²) in [6.07, 6.45) is 0. The van der Waals surface area contributed by atoms with Gasteiger partial charge in [0.15, 0.2) is 0 Å². The lowest BCUT2D eigenvalue weighted by atomic mass is 9.86. The molecule has 20 heavy (non-hydrogen) atoms. The first-order valence-corrected chi connectivity index (χ1v) is 7.33. The van der Waals surface area contributed by atoms with E-state index in [4.69, 9.17) is 4.74 Å². The minimum absolute atomic E-state index is 0.0130. The summed E-state index contributed by atoms with van der Waals surface area (Å²) < 4.78 is 19.9. The SMILES string of the molecule is CC(C)(C)c1ccccc1OCc1cc(F)cc(Br)c1. The van der Waals surface area contributed by atoms with Crippen LogP contribution in [0, 0.1) is 5.82 Å². The van der Waals surface area contributed by atoms with Crippen LogP contribution in [0.3, 0.4) is 0 Å². The molecule has 0 unspecified atom stereocenters. The van der Waals surface area contributed by atoms with Crippen LogP contribution in [0.25, 0.3) is 0 Å². The van der Waals surface area contributed by atoms with Crippen molar-refractivity contribution >= 4 is 15.9 Å². The quantitative estimate of drug-likeness (QED) is 0.722. The van der Waals surface area contributed by atoms with E-state index in [1.54, 1.807) is 0 Å². The molecule has 0 aliphatic carbocycles. The zero-order valence-corrected chi connectivity index (χ0v) is 13.5. The molecule has 0 heterocycles. The molecule has 2 aromatic carbocycles. The van der Waals surface area contributed by atoms with Crippen molar-refractivity contribution in [2.24, 2.45) is 0 Å². The summed E-state index contributed by atoms with van der Waals surface area (Å²) in [4.78, 5) is 0. The maximum Gasteiger partial charge on any atom is 0.124 e. The highest BCUT2D eigenvalue weighted by atomic mass is 79.9. The number of para-hydroxylation sites is 1. The zero-order chi connectivity index (χ0) is 14.8. The van der Waals surface area contributed by atoms with Gasteiger partial charge in [0.2, 0.25) is 0 Å². The lowest BCUT2D eigenvalue weighted by Gasteiger charge is -2.22. The van der Waals surface area contributed by atoms with Crippen LogP contribution in [-0.4, -0.2) is 0 Å². The Morgan fingerprint density at radius 1 is 1.10 bits per heavy atom. The fraction of sp³-hybridized carbons (Fsp3) is 0.294. The van der Waals surface area contributed by atoms with Crippen molar-refractivity contribution in [2.45, 2.75) is 32.8 Å². The standard InChI is InChI=1S/C17H18BrFO/c1-17(2,3)15-6-4-5-7-16(15)20-11-12-8-13(18)10-14(19)9-12/h4-10H,11H2,1-3H3. The molecule has 0 bridgehead atoms. The molecule has 3 heteroatoms. The molecule has 0 spiro atoms. The first-order chi connectivity index (χ1) is 9.36. The molecule has 106 valence electrons. The summed E-state index contributed by atoms with van der Waals surface area (Å²) >= 11 is 3.29. The van der Waals surface area contributed by atoms with Crippen molar-refractivity contribution < 1.29 is 9.13 Å². The van der Waals surface area contributed by atoms with E-state index in [9.17, 15) is 4.39 Å². The summed E-state index contributed by atoms with van der Waals surface area (Å²) in [5.41, 5.74) is 1.97. The number of benzene rings is 2. The van der Waals surface area contributed by atoms with E-state index < -0.39 is 0 Å². The van der Waals surface area contributed by atoms with E-state index in [1.165, 1.54) is 12.1 Å². The van der Waals surface area contributed by atoms with E-state index in [2.05, 4.69) is 42.8 Å². The lowest BCUT2D eigenvalue weighted by Crippen LogP contribution is -2.13. The van der Waals surface area contributed by atoms with Crippen LogP contribution in [-0.2, 0) is 12.0 Å². The fourth-order valence-electron chi connectivity index (χ4n) is 2.07. The third-order valence-electron chi connectivity index (χ3n) is 3.01. The molecule has 0 aliphatic rings. The van der Waals surface area contributed by atoms with Crippen molar-refractivity contribution in [1.82, 2.24) is 0 Å². The van der Waals surface area contributed by atoms with Crippen molar-refractivity contribution in [3.8, 4) is 5.75 Å². The van der Waals surface area contributed by atoms with Gasteiger partial charge in [0.05, 0.1) is 0 Å².